The van der Waals surface area contributed by atoms with Crippen molar-refractivity contribution in [2.75, 3.05) is 5.32 Å². The summed E-state index contributed by atoms with van der Waals surface area (Å²) in [5, 5.41) is 11.2. The third-order valence-electron chi connectivity index (χ3n) is 3.69. The number of H-pyrrole nitrogens is 1. The van der Waals surface area contributed by atoms with E-state index >= 15 is 0 Å². The Kier molecular flexibility index (Phi) is 2.70. The second-order valence-corrected chi connectivity index (χ2v) is 5.29. The molecular formula is C16H14N4O. The number of fused-ring (bicyclic) bond motifs is 1. The molecular weight excluding hydrogens is 264 g/mol. The predicted octanol–water partition coefficient (Wildman–Crippen LogP) is 2.76. The highest BCUT2D eigenvalue weighted by Crippen LogP contribution is 2.32. The highest BCUT2D eigenvalue weighted by atomic mass is 16.1. The fourth-order valence-corrected chi connectivity index (χ4v) is 2.40. The fourth-order valence-electron chi connectivity index (χ4n) is 2.40. The molecule has 2 aromatic heterocycles. The maximum absolute atomic E-state index is 12.7. The minimum absolute atomic E-state index is 0.0191. The minimum Gasteiger partial charge on any atom is -0.381 e. The maximum atomic E-state index is 12.7. The maximum Gasteiger partial charge on any atom is 0.196 e. The van der Waals surface area contributed by atoms with Crippen LogP contribution in [0.5, 0.6) is 0 Å². The number of nitrogens with one attached hydrogen (secondary N) is 2. The van der Waals surface area contributed by atoms with Crippen LogP contribution in [-0.2, 0) is 0 Å². The number of ketones is 1. The molecule has 0 bridgehead atoms. The standard InChI is InChI=1S/C16H14N4O/c21-15(10-4-2-1-3-5-10)12-8-17-16-13(9-18-20-16)14(12)19-11-6-7-11/h1-5,8-9,11H,6-7H2,(H2,17,18,19,20). The predicted molar refractivity (Wildman–Crippen MR) is 80.4 cm³/mol. The van der Waals surface area contributed by atoms with Crippen LogP contribution >= 0.6 is 0 Å². The second kappa shape index (κ2) is 4.70. The number of nitrogens with zero attached hydrogens (tertiary/aromatic N) is 2. The van der Waals surface area contributed by atoms with Crippen molar-refractivity contribution in [3.05, 3.63) is 53.9 Å². The largest absolute Gasteiger partial charge is 0.381 e. The molecule has 1 fully saturated rings. The molecule has 0 unspecified atom stereocenters. The van der Waals surface area contributed by atoms with Crippen LogP contribution in [0.2, 0.25) is 0 Å². The molecule has 0 radical (unpaired) electrons. The summed E-state index contributed by atoms with van der Waals surface area (Å²) in [6.45, 7) is 0. The molecule has 2 N–H and O–H groups in total. The number of benzene rings is 1. The molecule has 0 saturated heterocycles. The van der Waals surface area contributed by atoms with Crippen molar-refractivity contribution >= 4 is 22.5 Å². The van der Waals surface area contributed by atoms with Crippen molar-refractivity contribution < 1.29 is 4.79 Å². The lowest BCUT2D eigenvalue weighted by Gasteiger charge is -2.11. The molecule has 3 aromatic rings. The van der Waals surface area contributed by atoms with Crippen LogP contribution in [-0.4, -0.2) is 27.0 Å². The number of carbonyl (C=O) groups is 1. The van der Waals surface area contributed by atoms with E-state index in [2.05, 4.69) is 20.5 Å². The summed E-state index contributed by atoms with van der Waals surface area (Å²) < 4.78 is 0. The van der Waals surface area contributed by atoms with Crippen LogP contribution in [0, 0.1) is 0 Å². The van der Waals surface area contributed by atoms with Crippen molar-refractivity contribution in [3.63, 3.8) is 0 Å². The number of aromatic amines is 1. The average Bonchev–Trinajstić information content (AvgIpc) is 3.21. The Bertz CT molecular complexity index is 806. The molecule has 4 rings (SSSR count). The van der Waals surface area contributed by atoms with Gasteiger partial charge in [-0.05, 0) is 12.8 Å². The molecule has 21 heavy (non-hydrogen) atoms. The molecule has 0 amide bonds. The topological polar surface area (TPSA) is 70.7 Å². The summed E-state index contributed by atoms with van der Waals surface area (Å²) in [4.78, 5) is 17.0. The van der Waals surface area contributed by atoms with Crippen molar-refractivity contribution in [2.45, 2.75) is 18.9 Å². The summed E-state index contributed by atoms with van der Waals surface area (Å²) in [5.41, 5.74) is 2.80. The molecule has 1 aliphatic rings. The zero-order chi connectivity index (χ0) is 14.2. The van der Waals surface area contributed by atoms with E-state index in [4.69, 9.17) is 0 Å². The Hall–Kier alpha value is -2.69. The third-order valence-corrected chi connectivity index (χ3v) is 3.69. The van der Waals surface area contributed by atoms with Crippen LogP contribution in [0.1, 0.15) is 28.8 Å². The summed E-state index contributed by atoms with van der Waals surface area (Å²) in [5.74, 6) is -0.0191. The first-order valence-electron chi connectivity index (χ1n) is 7.01. The van der Waals surface area contributed by atoms with Gasteiger partial charge < -0.3 is 5.32 Å². The first kappa shape index (κ1) is 12.1. The van der Waals surface area contributed by atoms with Gasteiger partial charge in [0, 0.05) is 17.8 Å². The summed E-state index contributed by atoms with van der Waals surface area (Å²) in [6, 6.07) is 9.73. The number of hydrogen-bond acceptors (Lipinski definition) is 4. The quantitative estimate of drug-likeness (QED) is 0.720. The Morgan fingerprint density at radius 1 is 1.19 bits per heavy atom. The van der Waals surface area contributed by atoms with Crippen molar-refractivity contribution in [1.82, 2.24) is 15.2 Å². The normalized spacial score (nSPS) is 14.3. The van der Waals surface area contributed by atoms with Gasteiger partial charge in [0.15, 0.2) is 11.4 Å². The van der Waals surface area contributed by atoms with Gasteiger partial charge in [-0.15, -0.1) is 0 Å². The monoisotopic (exact) mass is 278 g/mol. The molecule has 0 atom stereocenters. The van der Waals surface area contributed by atoms with Gasteiger partial charge in [-0.25, -0.2) is 4.98 Å². The number of anilines is 1. The summed E-state index contributed by atoms with van der Waals surface area (Å²) in [6.07, 6.45) is 5.62. The van der Waals surface area contributed by atoms with Crippen LogP contribution < -0.4 is 5.32 Å². The van der Waals surface area contributed by atoms with Gasteiger partial charge in [0.05, 0.1) is 22.8 Å². The van der Waals surface area contributed by atoms with E-state index in [-0.39, 0.29) is 5.78 Å². The number of carbonyl (C=O) groups excluding carboxylic acids is 1. The zero-order valence-corrected chi connectivity index (χ0v) is 11.3. The highest BCUT2D eigenvalue weighted by Gasteiger charge is 2.25. The van der Waals surface area contributed by atoms with Crippen LogP contribution in [0.25, 0.3) is 11.0 Å². The SMILES string of the molecule is O=C(c1ccccc1)c1cnc2[nH]ncc2c1NC1CC1. The lowest BCUT2D eigenvalue weighted by Crippen LogP contribution is -2.10. The van der Waals surface area contributed by atoms with Crippen LogP contribution in [0.15, 0.2) is 42.7 Å². The number of hydrogen-bond donors (Lipinski definition) is 2. The van der Waals surface area contributed by atoms with E-state index < -0.39 is 0 Å². The number of pyridine rings is 1. The van der Waals surface area contributed by atoms with Crippen molar-refractivity contribution in [3.8, 4) is 0 Å². The molecule has 5 heteroatoms. The van der Waals surface area contributed by atoms with Gasteiger partial charge in [-0.2, -0.15) is 5.10 Å². The lowest BCUT2D eigenvalue weighted by atomic mass is 10.0. The van der Waals surface area contributed by atoms with E-state index in [0.717, 1.165) is 23.9 Å². The van der Waals surface area contributed by atoms with Crippen LogP contribution in [0.3, 0.4) is 0 Å². The van der Waals surface area contributed by atoms with E-state index in [1.807, 2.05) is 30.3 Å². The Morgan fingerprint density at radius 2 is 2.00 bits per heavy atom. The molecule has 1 saturated carbocycles. The molecule has 1 aromatic carbocycles. The Balaban J connectivity index is 1.85. The smallest absolute Gasteiger partial charge is 0.196 e. The first-order valence-corrected chi connectivity index (χ1v) is 7.01. The van der Waals surface area contributed by atoms with Gasteiger partial charge in [-0.1, -0.05) is 30.3 Å². The second-order valence-electron chi connectivity index (χ2n) is 5.29. The molecule has 0 spiro atoms. The molecule has 104 valence electrons. The highest BCUT2D eigenvalue weighted by molar-refractivity contribution is 6.15. The van der Waals surface area contributed by atoms with Gasteiger partial charge in [-0.3, -0.25) is 9.89 Å². The van der Waals surface area contributed by atoms with E-state index in [1.165, 1.54) is 0 Å². The van der Waals surface area contributed by atoms with Gasteiger partial charge in [0.2, 0.25) is 0 Å². The molecule has 1 aliphatic carbocycles. The van der Waals surface area contributed by atoms with Gasteiger partial charge >= 0.3 is 0 Å². The Labute approximate surface area is 121 Å². The molecule has 5 nitrogen and oxygen atoms in total. The fraction of sp³-hybridized carbons (Fsp3) is 0.188. The Morgan fingerprint density at radius 3 is 2.76 bits per heavy atom. The molecule has 2 heterocycles. The first-order chi connectivity index (χ1) is 10.3. The zero-order valence-electron chi connectivity index (χ0n) is 11.3. The van der Waals surface area contributed by atoms with Gasteiger partial charge in [0.1, 0.15) is 0 Å². The van der Waals surface area contributed by atoms with E-state index in [9.17, 15) is 4.79 Å². The number of rotatable bonds is 4. The molecule has 0 aliphatic heterocycles. The van der Waals surface area contributed by atoms with Crippen LogP contribution in [0.4, 0.5) is 5.69 Å². The third kappa shape index (κ3) is 2.16. The number of aromatic nitrogens is 3. The average molecular weight is 278 g/mol. The van der Waals surface area contributed by atoms with Crippen molar-refractivity contribution in [2.24, 2.45) is 0 Å². The van der Waals surface area contributed by atoms with E-state index in [1.54, 1.807) is 12.4 Å². The minimum atomic E-state index is -0.0191. The lowest BCUT2D eigenvalue weighted by molar-refractivity contribution is 0.103. The summed E-state index contributed by atoms with van der Waals surface area (Å²) in [7, 11) is 0. The van der Waals surface area contributed by atoms with Crippen molar-refractivity contribution in [1.29, 1.82) is 0 Å². The van der Waals surface area contributed by atoms with Gasteiger partial charge in [0.25, 0.3) is 0 Å². The summed E-state index contributed by atoms with van der Waals surface area (Å²) >= 11 is 0. The van der Waals surface area contributed by atoms with E-state index in [0.29, 0.717) is 22.8 Å².